The van der Waals surface area contributed by atoms with Gasteiger partial charge in [0.1, 0.15) is 11.6 Å². The largest absolute Gasteiger partial charge is 0.497 e. The van der Waals surface area contributed by atoms with Gasteiger partial charge in [-0.25, -0.2) is 4.98 Å². The second-order valence-corrected chi connectivity index (χ2v) is 5.54. The molecule has 0 aliphatic carbocycles. The van der Waals surface area contributed by atoms with Gasteiger partial charge in [-0.05, 0) is 49.0 Å². The van der Waals surface area contributed by atoms with E-state index in [9.17, 15) is 0 Å². The van der Waals surface area contributed by atoms with Crippen molar-refractivity contribution in [3.63, 3.8) is 0 Å². The van der Waals surface area contributed by atoms with Gasteiger partial charge in [0, 0.05) is 30.7 Å². The first-order valence-electron chi connectivity index (χ1n) is 7.73. The molecule has 0 amide bonds. The van der Waals surface area contributed by atoms with Crippen LogP contribution in [0.4, 0.5) is 5.82 Å². The zero-order valence-corrected chi connectivity index (χ0v) is 12.8. The van der Waals surface area contributed by atoms with Crippen LogP contribution < -0.4 is 15.0 Å². The summed E-state index contributed by atoms with van der Waals surface area (Å²) in [5, 5.41) is 5.94. The summed E-state index contributed by atoms with van der Waals surface area (Å²) in [6.07, 6.45) is 4.26. The predicted octanol–water partition coefficient (Wildman–Crippen LogP) is 2.82. The Labute approximate surface area is 126 Å². The molecule has 0 saturated carbocycles. The van der Waals surface area contributed by atoms with Crippen molar-refractivity contribution in [3.05, 3.63) is 30.5 Å². The number of aromatic nitrogens is 1. The lowest BCUT2D eigenvalue weighted by molar-refractivity contribution is 0.415. The SMILES string of the molecule is CCNC1CCN(c2nccc3cc(OC)ccc23)CC1. The van der Waals surface area contributed by atoms with E-state index < -0.39 is 0 Å². The lowest BCUT2D eigenvalue weighted by Crippen LogP contribution is -2.42. The molecule has 0 bridgehead atoms. The third-order valence-corrected chi connectivity index (χ3v) is 4.24. The number of anilines is 1. The van der Waals surface area contributed by atoms with Gasteiger partial charge in [0.15, 0.2) is 0 Å². The van der Waals surface area contributed by atoms with Crippen LogP contribution in [-0.4, -0.2) is 37.8 Å². The molecule has 1 aromatic carbocycles. The van der Waals surface area contributed by atoms with Gasteiger partial charge in [-0.3, -0.25) is 0 Å². The van der Waals surface area contributed by atoms with Gasteiger partial charge in [0.2, 0.25) is 0 Å². The predicted molar refractivity (Wildman–Crippen MR) is 87.2 cm³/mol. The maximum atomic E-state index is 5.31. The first kappa shape index (κ1) is 14.1. The topological polar surface area (TPSA) is 37.4 Å². The molecule has 3 rings (SSSR count). The third-order valence-electron chi connectivity index (χ3n) is 4.24. The van der Waals surface area contributed by atoms with Gasteiger partial charge < -0.3 is 15.0 Å². The van der Waals surface area contributed by atoms with E-state index in [2.05, 4.69) is 34.3 Å². The van der Waals surface area contributed by atoms with E-state index in [1.54, 1.807) is 7.11 Å². The summed E-state index contributed by atoms with van der Waals surface area (Å²) in [7, 11) is 1.70. The molecule has 112 valence electrons. The number of methoxy groups -OCH3 is 1. The van der Waals surface area contributed by atoms with Gasteiger partial charge in [-0.1, -0.05) is 6.92 Å². The minimum absolute atomic E-state index is 0.654. The van der Waals surface area contributed by atoms with Gasteiger partial charge in [-0.15, -0.1) is 0 Å². The van der Waals surface area contributed by atoms with Crippen LogP contribution in [0.2, 0.25) is 0 Å². The summed E-state index contributed by atoms with van der Waals surface area (Å²) in [4.78, 5) is 7.03. The number of fused-ring (bicyclic) bond motifs is 1. The van der Waals surface area contributed by atoms with Crippen LogP contribution in [0.1, 0.15) is 19.8 Å². The highest BCUT2D eigenvalue weighted by atomic mass is 16.5. The van der Waals surface area contributed by atoms with Crippen LogP contribution in [-0.2, 0) is 0 Å². The Kier molecular flexibility index (Phi) is 4.25. The third kappa shape index (κ3) is 2.95. The first-order chi connectivity index (χ1) is 10.3. The molecule has 21 heavy (non-hydrogen) atoms. The average molecular weight is 285 g/mol. The summed E-state index contributed by atoms with van der Waals surface area (Å²) in [5.74, 6) is 2.00. The second-order valence-electron chi connectivity index (χ2n) is 5.54. The summed E-state index contributed by atoms with van der Waals surface area (Å²) in [6, 6.07) is 8.91. The summed E-state index contributed by atoms with van der Waals surface area (Å²) in [5.41, 5.74) is 0. The Morgan fingerprint density at radius 2 is 2.10 bits per heavy atom. The molecule has 1 aliphatic rings. The molecule has 1 saturated heterocycles. The van der Waals surface area contributed by atoms with Crippen molar-refractivity contribution in [2.75, 3.05) is 31.6 Å². The first-order valence-corrected chi connectivity index (χ1v) is 7.73. The van der Waals surface area contributed by atoms with Crippen LogP contribution in [0.3, 0.4) is 0 Å². The molecule has 0 spiro atoms. The van der Waals surface area contributed by atoms with Crippen LogP contribution in [0.5, 0.6) is 5.75 Å². The lowest BCUT2D eigenvalue weighted by Gasteiger charge is -2.33. The van der Waals surface area contributed by atoms with Crippen LogP contribution >= 0.6 is 0 Å². The molecule has 1 aromatic heterocycles. The molecule has 2 aromatic rings. The molecule has 0 atom stereocenters. The molecule has 1 N–H and O–H groups in total. The fourth-order valence-corrected chi connectivity index (χ4v) is 3.10. The van der Waals surface area contributed by atoms with Crippen molar-refractivity contribution in [1.82, 2.24) is 10.3 Å². The zero-order chi connectivity index (χ0) is 14.7. The minimum atomic E-state index is 0.654. The maximum absolute atomic E-state index is 5.31. The van der Waals surface area contributed by atoms with Crippen molar-refractivity contribution < 1.29 is 4.74 Å². The fourth-order valence-electron chi connectivity index (χ4n) is 3.10. The molecule has 0 radical (unpaired) electrons. The molecule has 4 nitrogen and oxygen atoms in total. The van der Waals surface area contributed by atoms with Crippen molar-refractivity contribution in [1.29, 1.82) is 0 Å². The maximum Gasteiger partial charge on any atom is 0.136 e. The number of ether oxygens (including phenoxy) is 1. The lowest BCUT2D eigenvalue weighted by atomic mass is 10.0. The Morgan fingerprint density at radius 1 is 1.29 bits per heavy atom. The molecule has 0 unspecified atom stereocenters. The summed E-state index contributed by atoms with van der Waals surface area (Å²) >= 11 is 0. The number of benzene rings is 1. The fraction of sp³-hybridized carbons (Fsp3) is 0.471. The normalized spacial score (nSPS) is 16.4. The van der Waals surface area contributed by atoms with Gasteiger partial charge in [0.25, 0.3) is 0 Å². The number of rotatable bonds is 4. The molecule has 2 heterocycles. The molecule has 1 aliphatic heterocycles. The van der Waals surface area contributed by atoms with Crippen LogP contribution in [0, 0.1) is 0 Å². The molecule has 4 heteroatoms. The van der Waals surface area contributed by atoms with Gasteiger partial charge in [0.05, 0.1) is 7.11 Å². The van der Waals surface area contributed by atoms with Crippen molar-refractivity contribution in [2.45, 2.75) is 25.8 Å². The summed E-state index contributed by atoms with van der Waals surface area (Å²) < 4.78 is 5.31. The molecular weight excluding hydrogens is 262 g/mol. The van der Waals surface area contributed by atoms with Gasteiger partial charge >= 0.3 is 0 Å². The Hall–Kier alpha value is -1.81. The highest BCUT2D eigenvalue weighted by Crippen LogP contribution is 2.29. The molecule has 1 fully saturated rings. The second kappa shape index (κ2) is 6.31. The number of hydrogen-bond acceptors (Lipinski definition) is 4. The van der Waals surface area contributed by atoms with E-state index in [0.717, 1.165) is 31.2 Å². The Morgan fingerprint density at radius 3 is 2.81 bits per heavy atom. The van der Waals surface area contributed by atoms with Crippen molar-refractivity contribution in [2.24, 2.45) is 0 Å². The van der Waals surface area contributed by atoms with Crippen molar-refractivity contribution >= 4 is 16.6 Å². The number of pyridine rings is 1. The van der Waals surface area contributed by atoms with E-state index in [-0.39, 0.29) is 0 Å². The highest BCUT2D eigenvalue weighted by Gasteiger charge is 2.20. The van der Waals surface area contributed by atoms with Gasteiger partial charge in [-0.2, -0.15) is 0 Å². The number of nitrogens with zero attached hydrogens (tertiary/aromatic N) is 2. The van der Waals surface area contributed by atoms with E-state index in [0.29, 0.717) is 6.04 Å². The van der Waals surface area contributed by atoms with E-state index >= 15 is 0 Å². The standard InChI is InChI=1S/C17H23N3O/c1-3-18-14-7-10-20(11-8-14)17-16-5-4-15(21-2)12-13(16)6-9-19-17/h4-6,9,12,14,18H,3,7-8,10-11H2,1-2H3. The van der Waals surface area contributed by atoms with Crippen LogP contribution in [0.25, 0.3) is 10.8 Å². The number of nitrogens with one attached hydrogen (secondary N) is 1. The number of piperidine rings is 1. The van der Waals surface area contributed by atoms with E-state index in [1.807, 2.05) is 18.3 Å². The molecular formula is C17H23N3O. The van der Waals surface area contributed by atoms with Crippen LogP contribution in [0.15, 0.2) is 30.5 Å². The summed E-state index contributed by atoms with van der Waals surface area (Å²) in [6.45, 7) is 5.36. The van der Waals surface area contributed by atoms with E-state index in [4.69, 9.17) is 4.74 Å². The Balaban J connectivity index is 1.84. The van der Waals surface area contributed by atoms with E-state index in [1.165, 1.54) is 23.6 Å². The number of hydrogen-bond donors (Lipinski definition) is 1. The minimum Gasteiger partial charge on any atom is -0.497 e. The highest BCUT2D eigenvalue weighted by molar-refractivity contribution is 5.93. The Bertz CT molecular complexity index is 606. The monoisotopic (exact) mass is 285 g/mol. The quantitative estimate of drug-likeness (QED) is 0.937. The zero-order valence-electron chi connectivity index (χ0n) is 12.8. The smallest absolute Gasteiger partial charge is 0.136 e. The van der Waals surface area contributed by atoms with Crippen molar-refractivity contribution in [3.8, 4) is 5.75 Å². The average Bonchev–Trinajstić information content (AvgIpc) is 2.55.